The van der Waals surface area contributed by atoms with E-state index < -0.39 is 0 Å². The van der Waals surface area contributed by atoms with Crippen molar-refractivity contribution in [2.45, 2.75) is 76.4 Å². The first-order chi connectivity index (χ1) is 9.28. The molecule has 3 heteroatoms. The van der Waals surface area contributed by atoms with Gasteiger partial charge in [0.1, 0.15) is 0 Å². The van der Waals surface area contributed by atoms with Crippen LogP contribution < -0.4 is 5.73 Å². The highest BCUT2D eigenvalue weighted by atomic mass is 16.5. The Balaban J connectivity index is 1.75. The van der Waals surface area contributed by atoms with Gasteiger partial charge in [-0.1, -0.05) is 19.8 Å². The third-order valence-corrected chi connectivity index (χ3v) is 4.93. The van der Waals surface area contributed by atoms with E-state index in [9.17, 15) is 0 Å². The highest BCUT2D eigenvalue weighted by Gasteiger charge is 2.35. The largest absolute Gasteiger partial charge is 0.376 e. The van der Waals surface area contributed by atoms with Gasteiger partial charge in [0, 0.05) is 13.2 Å². The summed E-state index contributed by atoms with van der Waals surface area (Å²) in [5.41, 5.74) is 5.96. The number of hydrogen-bond donors (Lipinski definition) is 1. The summed E-state index contributed by atoms with van der Waals surface area (Å²) in [5.74, 6) is 0.902. The van der Waals surface area contributed by atoms with Crippen LogP contribution in [0.2, 0.25) is 0 Å². The first kappa shape index (κ1) is 15.3. The van der Waals surface area contributed by atoms with Crippen LogP contribution >= 0.6 is 0 Å². The molecule has 3 nitrogen and oxygen atoms in total. The summed E-state index contributed by atoms with van der Waals surface area (Å²) in [5, 5.41) is 0. The van der Waals surface area contributed by atoms with E-state index in [4.69, 9.17) is 15.2 Å². The third kappa shape index (κ3) is 4.44. The summed E-state index contributed by atoms with van der Waals surface area (Å²) < 4.78 is 12.0. The lowest BCUT2D eigenvalue weighted by atomic mass is 9.77. The topological polar surface area (TPSA) is 44.5 Å². The lowest BCUT2D eigenvalue weighted by molar-refractivity contribution is -0.121. The maximum atomic E-state index is 6.24. The summed E-state index contributed by atoms with van der Waals surface area (Å²) in [6.07, 6.45) is 11.5. The van der Waals surface area contributed by atoms with Crippen LogP contribution in [0.5, 0.6) is 0 Å². The van der Waals surface area contributed by atoms with Crippen LogP contribution in [0, 0.1) is 5.92 Å². The molecule has 2 fully saturated rings. The van der Waals surface area contributed by atoms with Crippen molar-refractivity contribution in [1.82, 2.24) is 0 Å². The van der Waals surface area contributed by atoms with Crippen molar-refractivity contribution in [2.75, 3.05) is 19.8 Å². The summed E-state index contributed by atoms with van der Waals surface area (Å²) in [4.78, 5) is 0. The van der Waals surface area contributed by atoms with Crippen molar-refractivity contribution in [3.8, 4) is 0 Å². The molecule has 2 rings (SSSR count). The van der Waals surface area contributed by atoms with Crippen molar-refractivity contribution in [3.63, 3.8) is 0 Å². The van der Waals surface area contributed by atoms with E-state index in [2.05, 4.69) is 6.92 Å². The van der Waals surface area contributed by atoms with E-state index in [1.165, 1.54) is 38.5 Å². The van der Waals surface area contributed by atoms with Crippen molar-refractivity contribution in [2.24, 2.45) is 11.7 Å². The Hall–Kier alpha value is -0.120. The zero-order valence-electron chi connectivity index (χ0n) is 12.5. The van der Waals surface area contributed by atoms with E-state index in [0.717, 1.165) is 38.4 Å². The average Bonchev–Trinajstić information content (AvgIpc) is 2.48. The van der Waals surface area contributed by atoms with E-state index in [-0.39, 0.29) is 5.60 Å². The van der Waals surface area contributed by atoms with E-state index >= 15 is 0 Å². The Bertz CT molecular complexity index is 243. The molecule has 0 bridgehead atoms. The number of rotatable bonds is 6. The fourth-order valence-corrected chi connectivity index (χ4v) is 3.52. The minimum absolute atomic E-state index is 0.0505. The highest BCUT2D eigenvalue weighted by Crippen LogP contribution is 2.36. The molecule has 0 radical (unpaired) electrons. The number of ether oxygens (including phenoxy) is 2. The van der Waals surface area contributed by atoms with Crippen molar-refractivity contribution < 1.29 is 9.47 Å². The summed E-state index contributed by atoms with van der Waals surface area (Å²) in [6.45, 7) is 4.60. The Kier molecular flexibility index (Phi) is 6.11. The molecule has 2 N–H and O–H groups in total. The predicted octanol–water partition coefficient (Wildman–Crippen LogP) is 3.26. The van der Waals surface area contributed by atoms with E-state index in [1.54, 1.807) is 0 Å². The van der Waals surface area contributed by atoms with Crippen LogP contribution in [-0.2, 0) is 9.47 Å². The molecule has 2 aliphatic rings. The zero-order chi connectivity index (χ0) is 13.6. The van der Waals surface area contributed by atoms with Crippen LogP contribution in [0.1, 0.15) is 64.7 Å². The van der Waals surface area contributed by atoms with Gasteiger partial charge in [-0.2, -0.15) is 0 Å². The molecule has 112 valence electrons. The summed E-state index contributed by atoms with van der Waals surface area (Å²) in [7, 11) is 0. The number of hydrogen-bond acceptors (Lipinski definition) is 3. The second kappa shape index (κ2) is 7.61. The molecule has 1 aliphatic carbocycles. The molecule has 19 heavy (non-hydrogen) atoms. The minimum Gasteiger partial charge on any atom is -0.376 e. The fraction of sp³-hybridized carbons (Fsp3) is 1.00. The van der Waals surface area contributed by atoms with Crippen molar-refractivity contribution >= 4 is 0 Å². The fourth-order valence-electron chi connectivity index (χ4n) is 3.52. The van der Waals surface area contributed by atoms with Crippen LogP contribution in [-0.4, -0.2) is 31.5 Å². The molecular formula is C16H31NO2. The maximum Gasteiger partial charge on any atom is 0.0808 e. The Labute approximate surface area is 118 Å². The van der Waals surface area contributed by atoms with Gasteiger partial charge in [0.15, 0.2) is 0 Å². The Morgan fingerprint density at radius 1 is 1.21 bits per heavy atom. The lowest BCUT2D eigenvalue weighted by Crippen LogP contribution is -2.46. The summed E-state index contributed by atoms with van der Waals surface area (Å²) in [6, 6.07) is 0. The first-order valence-electron chi connectivity index (χ1n) is 8.23. The quantitative estimate of drug-likeness (QED) is 0.805. The molecule has 0 amide bonds. The van der Waals surface area contributed by atoms with Gasteiger partial charge in [0.05, 0.1) is 18.3 Å². The first-order valence-corrected chi connectivity index (χ1v) is 8.23. The second-order valence-electron chi connectivity index (χ2n) is 6.42. The van der Waals surface area contributed by atoms with Gasteiger partial charge >= 0.3 is 0 Å². The van der Waals surface area contributed by atoms with Gasteiger partial charge in [0.25, 0.3) is 0 Å². The molecule has 0 aromatic rings. The van der Waals surface area contributed by atoms with Crippen LogP contribution in [0.25, 0.3) is 0 Å². The number of nitrogens with two attached hydrogens (primary N) is 1. The predicted molar refractivity (Wildman–Crippen MR) is 78.2 cm³/mol. The van der Waals surface area contributed by atoms with Gasteiger partial charge in [0.2, 0.25) is 0 Å². The molecule has 1 saturated heterocycles. The van der Waals surface area contributed by atoms with E-state index in [0.29, 0.717) is 12.6 Å². The van der Waals surface area contributed by atoms with Crippen molar-refractivity contribution in [1.29, 1.82) is 0 Å². The molecular weight excluding hydrogens is 238 g/mol. The van der Waals surface area contributed by atoms with Gasteiger partial charge < -0.3 is 15.2 Å². The molecule has 1 heterocycles. The normalized spacial score (nSPS) is 36.3. The van der Waals surface area contributed by atoms with Crippen LogP contribution in [0.15, 0.2) is 0 Å². The maximum absolute atomic E-state index is 6.24. The van der Waals surface area contributed by atoms with Crippen LogP contribution in [0.4, 0.5) is 0 Å². The lowest BCUT2D eigenvalue weighted by Gasteiger charge is -2.40. The zero-order valence-corrected chi connectivity index (χ0v) is 12.5. The monoisotopic (exact) mass is 269 g/mol. The SMILES string of the molecule is CCCC1CCC(CN)(OCC2CCCCO2)CC1. The standard InChI is InChI=1S/C16H31NO2/c1-2-5-14-7-9-16(13-17,10-8-14)19-12-15-6-3-4-11-18-15/h14-15H,2-13,17H2,1H3. The van der Waals surface area contributed by atoms with Gasteiger partial charge in [-0.05, 0) is 50.9 Å². The van der Waals surface area contributed by atoms with Crippen molar-refractivity contribution in [3.05, 3.63) is 0 Å². The Morgan fingerprint density at radius 2 is 2.00 bits per heavy atom. The molecule has 1 aliphatic heterocycles. The molecule has 0 spiro atoms. The smallest absolute Gasteiger partial charge is 0.0808 e. The Morgan fingerprint density at radius 3 is 2.58 bits per heavy atom. The molecule has 1 saturated carbocycles. The molecule has 0 aromatic carbocycles. The highest BCUT2D eigenvalue weighted by molar-refractivity contribution is 4.88. The van der Waals surface area contributed by atoms with E-state index in [1.807, 2.05) is 0 Å². The molecule has 0 aromatic heterocycles. The summed E-state index contributed by atoms with van der Waals surface area (Å²) >= 11 is 0. The third-order valence-electron chi connectivity index (χ3n) is 4.93. The minimum atomic E-state index is -0.0505. The molecule has 1 unspecified atom stereocenters. The van der Waals surface area contributed by atoms with Crippen LogP contribution in [0.3, 0.4) is 0 Å². The molecule has 1 atom stereocenters. The average molecular weight is 269 g/mol. The van der Waals surface area contributed by atoms with Gasteiger partial charge in [-0.3, -0.25) is 0 Å². The van der Waals surface area contributed by atoms with Gasteiger partial charge in [-0.25, -0.2) is 0 Å². The second-order valence-corrected chi connectivity index (χ2v) is 6.42. The van der Waals surface area contributed by atoms with Gasteiger partial charge in [-0.15, -0.1) is 0 Å².